The average Bonchev–Trinajstić information content (AvgIpc) is 2.73. The molecule has 0 aliphatic carbocycles. The quantitative estimate of drug-likeness (QED) is 0.624. The molecule has 2 aromatic rings. The number of anilines is 2. The van der Waals surface area contributed by atoms with Crippen molar-refractivity contribution in [3.8, 4) is 0 Å². The van der Waals surface area contributed by atoms with Crippen LogP contribution in [0.2, 0.25) is 0 Å². The van der Waals surface area contributed by atoms with E-state index < -0.39 is 4.92 Å². The lowest BCUT2D eigenvalue weighted by Gasteiger charge is -2.16. The van der Waals surface area contributed by atoms with Gasteiger partial charge in [0.05, 0.1) is 11.1 Å². The number of nitro groups is 1. The van der Waals surface area contributed by atoms with Gasteiger partial charge in [-0.1, -0.05) is 0 Å². The van der Waals surface area contributed by atoms with Gasteiger partial charge in [-0.2, -0.15) is 5.10 Å². The maximum atomic E-state index is 11.0. The Bertz CT molecular complexity index is 610. The van der Waals surface area contributed by atoms with Crippen LogP contribution in [-0.2, 0) is 13.6 Å². The third-order valence-corrected chi connectivity index (χ3v) is 2.55. The van der Waals surface area contributed by atoms with Crippen molar-refractivity contribution >= 4 is 17.3 Å². The molecule has 100 valence electrons. The molecule has 0 aliphatic rings. The maximum Gasteiger partial charge on any atom is 0.353 e. The van der Waals surface area contributed by atoms with E-state index in [0.717, 1.165) is 5.56 Å². The van der Waals surface area contributed by atoms with Crippen molar-refractivity contribution in [1.82, 2.24) is 19.7 Å². The third kappa shape index (κ3) is 2.59. The molecule has 9 heteroatoms. The molecule has 0 spiro atoms. The Kier molecular flexibility index (Phi) is 3.27. The standard InChI is InChI=1S/C10H13N7O2/c1-15(4-7-3-14-16(2)5-7)10-8(17(18)19)9(11)12-6-13-10/h3,5-6H,4H2,1-2H3,(H2,11,12,13). The molecule has 2 N–H and O–H groups in total. The van der Waals surface area contributed by atoms with Gasteiger partial charge in [0.25, 0.3) is 0 Å². The molecule has 0 aliphatic heterocycles. The zero-order valence-corrected chi connectivity index (χ0v) is 10.5. The monoisotopic (exact) mass is 263 g/mol. The summed E-state index contributed by atoms with van der Waals surface area (Å²) >= 11 is 0. The van der Waals surface area contributed by atoms with Crippen LogP contribution < -0.4 is 10.6 Å². The van der Waals surface area contributed by atoms with Crippen molar-refractivity contribution in [2.75, 3.05) is 17.7 Å². The Morgan fingerprint density at radius 1 is 1.53 bits per heavy atom. The molecule has 0 aromatic carbocycles. The number of aromatic nitrogens is 4. The van der Waals surface area contributed by atoms with Gasteiger partial charge in [0.1, 0.15) is 6.33 Å². The van der Waals surface area contributed by atoms with E-state index in [2.05, 4.69) is 15.1 Å². The molecule has 9 nitrogen and oxygen atoms in total. The average molecular weight is 263 g/mol. The van der Waals surface area contributed by atoms with Crippen molar-refractivity contribution in [3.63, 3.8) is 0 Å². The van der Waals surface area contributed by atoms with Gasteiger partial charge < -0.3 is 10.6 Å². The van der Waals surface area contributed by atoms with E-state index in [1.165, 1.54) is 6.33 Å². The molecule has 0 bridgehead atoms. The van der Waals surface area contributed by atoms with Crippen molar-refractivity contribution in [2.45, 2.75) is 6.54 Å². The predicted molar refractivity (Wildman–Crippen MR) is 68.4 cm³/mol. The number of nitrogens with zero attached hydrogens (tertiary/aromatic N) is 6. The van der Waals surface area contributed by atoms with Gasteiger partial charge in [0.15, 0.2) is 0 Å². The van der Waals surface area contributed by atoms with E-state index >= 15 is 0 Å². The fourth-order valence-corrected chi connectivity index (χ4v) is 1.74. The van der Waals surface area contributed by atoms with Gasteiger partial charge in [0, 0.05) is 32.4 Å². The van der Waals surface area contributed by atoms with Crippen molar-refractivity contribution in [2.24, 2.45) is 7.05 Å². The van der Waals surface area contributed by atoms with E-state index in [-0.39, 0.29) is 17.3 Å². The Labute approximate surface area is 108 Å². The first-order valence-corrected chi connectivity index (χ1v) is 5.42. The molecule has 0 amide bonds. The SMILES string of the molecule is CN(Cc1cnn(C)c1)c1ncnc(N)c1[N+](=O)[O-]. The van der Waals surface area contributed by atoms with E-state index in [0.29, 0.717) is 6.54 Å². The van der Waals surface area contributed by atoms with E-state index in [1.54, 1.807) is 29.9 Å². The van der Waals surface area contributed by atoms with Crippen molar-refractivity contribution in [3.05, 3.63) is 34.4 Å². The Morgan fingerprint density at radius 2 is 2.26 bits per heavy atom. The first-order chi connectivity index (χ1) is 8.99. The van der Waals surface area contributed by atoms with Crippen molar-refractivity contribution in [1.29, 1.82) is 0 Å². The number of nitrogens with two attached hydrogens (primary N) is 1. The molecule has 0 saturated heterocycles. The fourth-order valence-electron chi connectivity index (χ4n) is 1.74. The number of rotatable bonds is 4. The van der Waals surface area contributed by atoms with Gasteiger partial charge in [-0.3, -0.25) is 14.8 Å². The fraction of sp³-hybridized carbons (Fsp3) is 0.300. The highest BCUT2D eigenvalue weighted by Crippen LogP contribution is 2.29. The number of nitrogen functional groups attached to an aromatic ring is 1. The molecular formula is C10H13N7O2. The van der Waals surface area contributed by atoms with Crippen LogP contribution >= 0.6 is 0 Å². The molecule has 2 rings (SSSR count). The molecule has 2 heterocycles. The van der Waals surface area contributed by atoms with E-state index in [4.69, 9.17) is 5.73 Å². The highest BCUT2D eigenvalue weighted by Gasteiger charge is 2.23. The summed E-state index contributed by atoms with van der Waals surface area (Å²) in [5, 5.41) is 15.0. The predicted octanol–water partition coefficient (Wildman–Crippen LogP) is 0.337. The Morgan fingerprint density at radius 3 is 2.84 bits per heavy atom. The van der Waals surface area contributed by atoms with Crippen LogP contribution in [0.5, 0.6) is 0 Å². The van der Waals surface area contributed by atoms with Crippen LogP contribution in [0.3, 0.4) is 0 Å². The Balaban J connectivity index is 2.31. The first-order valence-electron chi connectivity index (χ1n) is 5.42. The molecule has 19 heavy (non-hydrogen) atoms. The van der Waals surface area contributed by atoms with Crippen LogP contribution in [0, 0.1) is 10.1 Å². The number of aryl methyl sites for hydroxylation is 1. The lowest BCUT2D eigenvalue weighted by molar-refractivity contribution is -0.383. The van der Waals surface area contributed by atoms with Crippen LogP contribution in [-0.4, -0.2) is 31.7 Å². The molecule has 0 atom stereocenters. The summed E-state index contributed by atoms with van der Waals surface area (Å²) in [7, 11) is 3.50. The normalized spacial score (nSPS) is 10.4. The first kappa shape index (κ1) is 12.7. The van der Waals surface area contributed by atoms with Crippen LogP contribution in [0.25, 0.3) is 0 Å². The van der Waals surface area contributed by atoms with Crippen molar-refractivity contribution < 1.29 is 4.92 Å². The second-order valence-corrected chi connectivity index (χ2v) is 4.07. The summed E-state index contributed by atoms with van der Waals surface area (Å²) < 4.78 is 1.66. The highest BCUT2D eigenvalue weighted by molar-refractivity contribution is 5.68. The maximum absolute atomic E-state index is 11.0. The third-order valence-electron chi connectivity index (χ3n) is 2.55. The molecule has 0 radical (unpaired) electrons. The van der Waals surface area contributed by atoms with E-state index in [1.807, 2.05) is 6.20 Å². The summed E-state index contributed by atoms with van der Waals surface area (Å²) in [6, 6.07) is 0. The van der Waals surface area contributed by atoms with Gasteiger partial charge in [-0.25, -0.2) is 9.97 Å². The summed E-state index contributed by atoms with van der Waals surface area (Å²) in [4.78, 5) is 19.6. The second kappa shape index (κ2) is 4.88. The second-order valence-electron chi connectivity index (χ2n) is 4.07. The summed E-state index contributed by atoms with van der Waals surface area (Å²) in [6.45, 7) is 0.436. The molecular weight excluding hydrogens is 250 g/mol. The minimum absolute atomic E-state index is 0.145. The Hall–Kier alpha value is -2.71. The molecule has 0 saturated carbocycles. The van der Waals surface area contributed by atoms with Gasteiger partial charge in [0.2, 0.25) is 11.6 Å². The van der Waals surface area contributed by atoms with E-state index in [9.17, 15) is 10.1 Å². The topological polar surface area (TPSA) is 116 Å². The van der Waals surface area contributed by atoms with Gasteiger partial charge >= 0.3 is 5.69 Å². The smallest absolute Gasteiger partial charge is 0.353 e. The summed E-state index contributed by atoms with van der Waals surface area (Å²) in [5.74, 6) is 0.0365. The zero-order valence-electron chi connectivity index (χ0n) is 10.5. The lowest BCUT2D eigenvalue weighted by atomic mass is 10.3. The molecule has 0 unspecified atom stereocenters. The number of hydrogen-bond acceptors (Lipinski definition) is 7. The van der Waals surface area contributed by atoms with Crippen LogP contribution in [0.4, 0.5) is 17.3 Å². The zero-order chi connectivity index (χ0) is 14.0. The molecule has 2 aromatic heterocycles. The summed E-state index contributed by atoms with van der Waals surface area (Å²) in [5.41, 5.74) is 6.15. The van der Waals surface area contributed by atoms with Gasteiger partial charge in [-0.05, 0) is 0 Å². The largest absolute Gasteiger partial charge is 0.378 e. The van der Waals surface area contributed by atoms with Crippen LogP contribution in [0.15, 0.2) is 18.7 Å². The minimum Gasteiger partial charge on any atom is -0.378 e. The highest BCUT2D eigenvalue weighted by atomic mass is 16.6. The van der Waals surface area contributed by atoms with Crippen LogP contribution in [0.1, 0.15) is 5.56 Å². The summed E-state index contributed by atoms with van der Waals surface area (Å²) in [6.07, 6.45) is 4.72. The minimum atomic E-state index is -0.579. The lowest BCUT2D eigenvalue weighted by Crippen LogP contribution is -2.19. The van der Waals surface area contributed by atoms with Gasteiger partial charge in [-0.15, -0.1) is 0 Å². The molecule has 0 fully saturated rings. The number of hydrogen-bond donors (Lipinski definition) is 1.